The van der Waals surface area contributed by atoms with Gasteiger partial charge in [0.25, 0.3) is 0 Å². The van der Waals surface area contributed by atoms with Crippen molar-refractivity contribution in [2.24, 2.45) is 0 Å². The third-order valence-electron chi connectivity index (χ3n) is 2.60. The van der Waals surface area contributed by atoms with Crippen molar-refractivity contribution in [1.29, 1.82) is 0 Å². The van der Waals surface area contributed by atoms with Crippen LogP contribution in [0.15, 0.2) is 0 Å². The summed E-state index contributed by atoms with van der Waals surface area (Å²) in [6.45, 7) is 0. The van der Waals surface area contributed by atoms with E-state index in [-0.39, 0.29) is 45.2 Å². The predicted octanol–water partition coefficient (Wildman–Crippen LogP) is 6.48. The van der Waals surface area contributed by atoms with Gasteiger partial charge in [0, 0.05) is 45.2 Å². The van der Waals surface area contributed by atoms with Crippen LogP contribution >= 0.6 is 45.2 Å². The second-order valence-corrected chi connectivity index (χ2v) is 6.86. The van der Waals surface area contributed by atoms with E-state index in [2.05, 4.69) is 0 Å². The zero-order chi connectivity index (χ0) is 19.5. The monoisotopic (exact) mass is 602 g/mol. The normalized spacial score (nSPS) is 14.2. The average molecular weight is 602 g/mol. The summed E-state index contributed by atoms with van der Waals surface area (Å²) in [5.41, 5.74) is -6.40. The van der Waals surface area contributed by atoms with Crippen LogP contribution in [-0.2, 0) is 11.8 Å². The molecule has 0 N–H and O–H groups in total. The zero-order valence-electron chi connectivity index (χ0n) is 10.3. The van der Waals surface area contributed by atoms with Gasteiger partial charge in [-0.05, 0) is 0 Å². The number of alkyl halides is 10. The molecule has 0 unspecified atom stereocenters. The summed E-state index contributed by atoms with van der Waals surface area (Å²) in [6, 6.07) is 0. The molecule has 0 aromatic heterocycles. The Kier molecular flexibility index (Phi) is 5.67. The van der Waals surface area contributed by atoms with Gasteiger partial charge < -0.3 is 0 Å². The van der Waals surface area contributed by atoms with Crippen molar-refractivity contribution in [2.45, 2.75) is 19.7 Å². The number of hydrogen-bond acceptors (Lipinski definition) is 0. The van der Waals surface area contributed by atoms with E-state index in [1.165, 1.54) is 0 Å². The van der Waals surface area contributed by atoms with Crippen molar-refractivity contribution in [1.82, 2.24) is 0 Å². The molecule has 1 aromatic carbocycles. The largest absolute Gasteiger partial charge is 0.362 e. The molecule has 14 heteroatoms. The van der Waals surface area contributed by atoms with Crippen LogP contribution in [0.5, 0.6) is 0 Å². The van der Waals surface area contributed by atoms with Crippen LogP contribution in [0, 0.1) is 23.3 Å². The van der Waals surface area contributed by atoms with Gasteiger partial charge in [-0.25, -0.2) is 17.6 Å². The molecule has 1 aromatic rings. The molecule has 138 valence electrons. The SMILES string of the molecule is Fc1c(F)c(C(F)(F)C(F)(F)I)c(F)c(F)c1C(F)(F)C(F)(F)I. The zero-order valence-corrected chi connectivity index (χ0v) is 14.6. The number of halogens is 14. The molecule has 0 aliphatic carbocycles. The first-order chi connectivity index (χ1) is 10.4. The summed E-state index contributed by atoms with van der Waals surface area (Å²) in [7, 11) is 0. The lowest BCUT2D eigenvalue weighted by molar-refractivity contribution is -0.156. The Bertz CT molecular complexity index is 571. The van der Waals surface area contributed by atoms with Crippen molar-refractivity contribution in [3.05, 3.63) is 34.4 Å². The van der Waals surface area contributed by atoms with Gasteiger partial charge in [0.15, 0.2) is 23.3 Å². The van der Waals surface area contributed by atoms with E-state index in [1.54, 1.807) is 0 Å². The van der Waals surface area contributed by atoms with E-state index in [1.807, 2.05) is 0 Å². The fraction of sp³-hybridized carbons (Fsp3) is 0.400. The molecule has 0 saturated heterocycles. The second kappa shape index (κ2) is 6.22. The van der Waals surface area contributed by atoms with Crippen LogP contribution in [0.3, 0.4) is 0 Å². The maximum atomic E-state index is 13.5. The second-order valence-electron chi connectivity index (χ2n) is 4.15. The lowest BCUT2D eigenvalue weighted by Crippen LogP contribution is -2.38. The highest BCUT2D eigenvalue weighted by Crippen LogP contribution is 2.53. The third kappa shape index (κ3) is 3.27. The van der Waals surface area contributed by atoms with Gasteiger partial charge in [-0.1, -0.05) is 0 Å². The maximum Gasteiger partial charge on any atom is 0.362 e. The summed E-state index contributed by atoms with van der Waals surface area (Å²) in [4.78, 5) is 0. The Balaban J connectivity index is 3.91. The van der Waals surface area contributed by atoms with E-state index < -0.39 is 54.1 Å². The average Bonchev–Trinajstić information content (AvgIpc) is 2.33. The number of benzene rings is 1. The van der Waals surface area contributed by atoms with Crippen LogP contribution in [0.25, 0.3) is 0 Å². The van der Waals surface area contributed by atoms with E-state index in [4.69, 9.17) is 0 Å². The maximum absolute atomic E-state index is 13.5. The van der Waals surface area contributed by atoms with Crippen LogP contribution in [0.4, 0.5) is 52.7 Å². The van der Waals surface area contributed by atoms with E-state index in [9.17, 15) is 52.7 Å². The Labute approximate surface area is 151 Å². The molecule has 0 radical (unpaired) electrons. The summed E-state index contributed by atoms with van der Waals surface area (Å²) in [5.74, 6) is -25.1. The van der Waals surface area contributed by atoms with E-state index in [0.717, 1.165) is 0 Å². The molecule has 0 saturated carbocycles. The molecule has 0 amide bonds. The molecular weight excluding hydrogens is 602 g/mol. The first kappa shape index (κ1) is 21.9. The van der Waals surface area contributed by atoms with Gasteiger partial charge in [0.05, 0.1) is 0 Å². The van der Waals surface area contributed by atoms with Crippen LogP contribution in [0.2, 0.25) is 0 Å². The molecule has 0 aliphatic heterocycles. The van der Waals surface area contributed by atoms with Crippen LogP contribution in [-0.4, -0.2) is 7.86 Å². The molecule has 24 heavy (non-hydrogen) atoms. The third-order valence-corrected chi connectivity index (χ3v) is 3.96. The Morgan fingerprint density at radius 1 is 0.458 bits per heavy atom. The minimum Gasteiger partial charge on any atom is -0.203 e. The Hall–Kier alpha value is -0.160. The first-order valence-electron chi connectivity index (χ1n) is 5.15. The topological polar surface area (TPSA) is 0 Å². The van der Waals surface area contributed by atoms with Crippen LogP contribution < -0.4 is 0 Å². The molecule has 0 spiro atoms. The lowest BCUT2D eigenvalue weighted by atomic mass is 9.99. The fourth-order valence-corrected chi connectivity index (χ4v) is 2.01. The first-order valence-corrected chi connectivity index (χ1v) is 7.30. The Morgan fingerprint density at radius 3 is 0.750 bits per heavy atom. The van der Waals surface area contributed by atoms with Gasteiger partial charge in [-0.15, -0.1) is 0 Å². The van der Waals surface area contributed by atoms with Crippen molar-refractivity contribution >= 4 is 45.2 Å². The molecule has 0 nitrogen and oxygen atoms in total. The molecule has 0 bridgehead atoms. The molecular formula is C10F12I2. The highest BCUT2D eigenvalue weighted by Gasteiger charge is 2.63. The van der Waals surface area contributed by atoms with Gasteiger partial charge in [0.2, 0.25) is 0 Å². The number of hydrogen-bond donors (Lipinski definition) is 0. The summed E-state index contributed by atoms with van der Waals surface area (Å²) in [6.07, 6.45) is 0. The highest BCUT2D eigenvalue weighted by atomic mass is 127. The minimum atomic E-state index is -5.87. The lowest BCUT2D eigenvalue weighted by Gasteiger charge is -2.26. The smallest absolute Gasteiger partial charge is 0.203 e. The van der Waals surface area contributed by atoms with Crippen molar-refractivity contribution in [2.75, 3.05) is 0 Å². The van der Waals surface area contributed by atoms with Crippen molar-refractivity contribution in [3.63, 3.8) is 0 Å². The molecule has 0 fully saturated rings. The van der Waals surface area contributed by atoms with Crippen molar-refractivity contribution in [3.8, 4) is 0 Å². The quantitative estimate of drug-likeness (QED) is 0.160. The van der Waals surface area contributed by atoms with Gasteiger partial charge >= 0.3 is 19.7 Å². The summed E-state index contributed by atoms with van der Waals surface area (Å²) in [5, 5.41) is 0. The van der Waals surface area contributed by atoms with Gasteiger partial charge in [-0.3, -0.25) is 0 Å². The summed E-state index contributed by atoms with van der Waals surface area (Å²) < 4.78 is 147. The van der Waals surface area contributed by atoms with E-state index in [0.29, 0.717) is 0 Å². The molecule has 0 heterocycles. The van der Waals surface area contributed by atoms with Gasteiger partial charge in [-0.2, -0.15) is 35.1 Å². The minimum absolute atomic E-state index is 0.314. The standard InChI is InChI=1S/C10F12I2/c11-3-1(7(15,16)9(19,20)23)4(12)6(14)2(5(3)13)8(17,18)10(21,22)24. The number of rotatable bonds is 4. The molecule has 1 rings (SSSR count). The molecule has 0 aliphatic rings. The van der Waals surface area contributed by atoms with Crippen LogP contribution in [0.1, 0.15) is 11.1 Å². The fourth-order valence-electron chi connectivity index (χ4n) is 1.47. The summed E-state index contributed by atoms with van der Waals surface area (Å²) >= 11 is -0.627. The predicted molar refractivity (Wildman–Crippen MR) is 72.0 cm³/mol. The van der Waals surface area contributed by atoms with Gasteiger partial charge in [0.1, 0.15) is 11.1 Å². The molecule has 0 atom stereocenters. The van der Waals surface area contributed by atoms with Crippen molar-refractivity contribution < 1.29 is 52.7 Å². The highest BCUT2D eigenvalue weighted by molar-refractivity contribution is 14.1. The van der Waals surface area contributed by atoms with E-state index >= 15 is 0 Å². The Morgan fingerprint density at radius 2 is 0.625 bits per heavy atom.